The molecule has 29 heavy (non-hydrogen) atoms. The number of thiazole rings is 1. The Kier molecular flexibility index (Phi) is 4.97. The molecule has 11 heteroatoms. The average molecular weight is 418 g/mol. The molecule has 3 aromatic rings. The van der Waals surface area contributed by atoms with Gasteiger partial charge in [-0.05, 0) is 18.2 Å². The maximum Gasteiger partial charge on any atom is 0.433 e. The molecular formula is C18H18N4O6S. The Labute approximate surface area is 169 Å². The maximum atomic E-state index is 12.5. The van der Waals surface area contributed by atoms with Crippen molar-refractivity contribution in [2.24, 2.45) is 0 Å². The first-order chi connectivity index (χ1) is 14.0. The van der Waals surface area contributed by atoms with Gasteiger partial charge in [-0.25, -0.2) is 4.98 Å². The van der Waals surface area contributed by atoms with Crippen LogP contribution in [0.3, 0.4) is 0 Å². The third-order valence-electron chi connectivity index (χ3n) is 4.72. The van der Waals surface area contributed by atoms with Crippen LogP contribution in [0.25, 0.3) is 10.2 Å². The summed E-state index contributed by atoms with van der Waals surface area (Å²) in [4.78, 5) is 31.0. The minimum absolute atomic E-state index is 0.0281. The Morgan fingerprint density at radius 2 is 1.83 bits per heavy atom. The van der Waals surface area contributed by atoms with Crippen LogP contribution in [-0.4, -0.2) is 61.1 Å². The van der Waals surface area contributed by atoms with Crippen molar-refractivity contribution in [1.82, 2.24) is 9.88 Å². The van der Waals surface area contributed by atoms with Crippen molar-refractivity contribution in [3.05, 3.63) is 40.1 Å². The number of carbonyl (C=O) groups excluding carboxylic acids is 1. The molecular weight excluding hydrogens is 400 g/mol. The number of piperazine rings is 1. The molecule has 1 aliphatic heterocycles. The summed E-state index contributed by atoms with van der Waals surface area (Å²) in [5.41, 5.74) is 0.744. The molecule has 1 fully saturated rings. The van der Waals surface area contributed by atoms with Crippen LogP contribution in [0.4, 0.5) is 11.0 Å². The van der Waals surface area contributed by atoms with Gasteiger partial charge in [0.2, 0.25) is 0 Å². The van der Waals surface area contributed by atoms with Gasteiger partial charge in [-0.15, -0.1) is 0 Å². The Morgan fingerprint density at radius 1 is 1.14 bits per heavy atom. The van der Waals surface area contributed by atoms with Crippen molar-refractivity contribution in [1.29, 1.82) is 0 Å². The fraction of sp³-hybridized carbons (Fsp3) is 0.333. The number of anilines is 1. The maximum absolute atomic E-state index is 12.5. The number of nitro groups is 1. The number of aromatic nitrogens is 1. The van der Waals surface area contributed by atoms with Crippen LogP contribution in [0.15, 0.2) is 28.7 Å². The number of fused-ring (bicyclic) bond motifs is 1. The monoisotopic (exact) mass is 418 g/mol. The molecule has 1 saturated heterocycles. The molecule has 0 unspecified atom stereocenters. The van der Waals surface area contributed by atoms with Crippen molar-refractivity contribution >= 4 is 38.5 Å². The van der Waals surface area contributed by atoms with E-state index in [0.717, 1.165) is 21.1 Å². The van der Waals surface area contributed by atoms with Gasteiger partial charge in [-0.2, -0.15) is 0 Å². The van der Waals surface area contributed by atoms with Crippen LogP contribution in [0.1, 0.15) is 10.6 Å². The number of nitrogens with zero attached hydrogens (tertiary/aromatic N) is 4. The zero-order valence-electron chi connectivity index (χ0n) is 15.8. The minimum atomic E-state index is -0.662. The first-order valence-electron chi connectivity index (χ1n) is 8.81. The van der Waals surface area contributed by atoms with E-state index in [-0.39, 0.29) is 11.7 Å². The van der Waals surface area contributed by atoms with Crippen LogP contribution in [0, 0.1) is 10.1 Å². The average Bonchev–Trinajstić information content (AvgIpc) is 3.40. The largest absolute Gasteiger partial charge is 0.495 e. The van der Waals surface area contributed by atoms with E-state index in [4.69, 9.17) is 18.9 Å². The molecule has 0 aliphatic carbocycles. The van der Waals surface area contributed by atoms with Gasteiger partial charge in [-0.1, -0.05) is 11.3 Å². The molecule has 0 spiro atoms. The Morgan fingerprint density at radius 3 is 2.45 bits per heavy atom. The quantitative estimate of drug-likeness (QED) is 0.459. The lowest BCUT2D eigenvalue weighted by Gasteiger charge is -2.34. The molecule has 0 bridgehead atoms. The highest BCUT2D eigenvalue weighted by Crippen LogP contribution is 2.40. The van der Waals surface area contributed by atoms with Crippen LogP contribution < -0.4 is 14.4 Å². The highest BCUT2D eigenvalue weighted by molar-refractivity contribution is 7.22. The molecule has 3 heterocycles. The van der Waals surface area contributed by atoms with Gasteiger partial charge in [-0.3, -0.25) is 14.9 Å². The second-order valence-electron chi connectivity index (χ2n) is 6.32. The number of methoxy groups -OCH3 is 2. The summed E-state index contributed by atoms with van der Waals surface area (Å²) in [6.45, 7) is 2.08. The third kappa shape index (κ3) is 3.44. The summed E-state index contributed by atoms with van der Waals surface area (Å²) in [7, 11) is 3.22. The summed E-state index contributed by atoms with van der Waals surface area (Å²) < 4.78 is 16.8. The smallest absolute Gasteiger partial charge is 0.433 e. The summed E-state index contributed by atoms with van der Waals surface area (Å²) in [5, 5.41) is 11.6. The first-order valence-corrected chi connectivity index (χ1v) is 9.63. The van der Waals surface area contributed by atoms with Crippen molar-refractivity contribution < 1.29 is 23.6 Å². The van der Waals surface area contributed by atoms with Crippen molar-refractivity contribution in [2.45, 2.75) is 0 Å². The van der Waals surface area contributed by atoms with E-state index in [9.17, 15) is 14.9 Å². The Bertz CT molecular complexity index is 1030. The van der Waals surface area contributed by atoms with E-state index in [1.807, 2.05) is 12.1 Å². The molecule has 1 aliphatic rings. The summed E-state index contributed by atoms with van der Waals surface area (Å²) in [5.74, 6) is 0.587. The second-order valence-corrected chi connectivity index (χ2v) is 7.30. The minimum Gasteiger partial charge on any atom is -0.495 e. The van der Waals surface area contributed by atoms with Gasteiger partial charge in [0.15, 0.2) is 10.9 Å². The fourth-order valence-corrected chi connectivity index (χ4v) is 4.33. The van der Waals surface area contributed by atoms with Gasteiger partial charge in [0.25, 0.3) is 5.91 Å². The molecule has 10 nitrogen and oxygen atoms in total. The number of rotatable bonds is 5. The van der Waals surface area contributed by atoms with E-state index < -0.39 is 10.8 Å². The lowest BCUT2D eigenvalue weighted by molar-refractivity contribution is -0.402. The van der Waals surface area contributed by atoms with Crippen LogP contribution in [0.5, 0.6) is 11.5 Å². The lowest BCUT2D eigenvalue weighted by Crippen LogP contribution is -2.48. The molecule has 152 valence electrons. The van der Waals surface area contributed by atoms with Crippen LogP contribution in [-0.2, 0) is 0 Å². The number of furan rings is 1. The molecule has 0 saturated carbocycles. The molecule has 4 rings (SSSR count). The van der Waals surface area contributed by atoms with E-state index in [1.165, 1.54) is 23.5 Å². The second kappa shape index (κ2) is 7.59. The zero-order chi connectivity index (χ0) is 20.5. The highest BCUT2D eigenvalue weighted by Gasteiger charge is 2.27. The highest BCUT2D eigenvalue weighted by atomic mass is 32.1. The summed E-state index contributed by atoms with van der Waals surface area (Å²) in [6, 6.07) is 6.19. The molecule has 0 atom stereocenters. The summed E-state index contributed by atoms with van der Waals surface area (Å²) in [6.07, 6.45) is 0. The number of amides is 1. The normalized spacial score (nSPS) is 14.3. The predicted octanol–water partition coefficient (Wildman–Crippen LogP) is 2.78. The predicted molar refractivity (Wildman–Crippen MR) is 106 cm³/mol. The number of hydrogen-bond acceptors (Lipinski definition) is 9. The van der Waals surface area contributed by atoms with E-state index in [0.29, 0.717) is 31.9 Å². The van der Waals surface area contributed by atoms with Crippen molar-refractivity contribution in [2.75, 3.05) is 45.3 Å². The molecule has 1 amide bonds. The Balaban J connectivity index is 1.49. The van der Waals surface area contributed by atoms with Gasteiger partial charge in [0.1, 0.15) is 26.6 Å². The van der Waals surface area contributed by atoms with Gasteiger partial charge < -0.3 is 23.7 Å². The molecule has 0 radical (unpaired) electrons. The fourth-order valence-electron chi connectivity index (χ4n) is 3.21. The first kappa shape index (κ1) is 19.0. The molecule has 1 aromatic carbocycles. The summed E-state index contributed by atoms with van der Waals surface area (Å²) >= 11 is 1.51. The van der Waals surface area contributed by atoms with E-state index in [2.05, 4.69) is 4.90 Å². The zero-order valence-corrected chi connectivity index (χ0v) is 16.6. The number of ether oxygens (including phenoxy) is 2. The van der Waals surface area contributed by atoms with Crippen molar-refractivity contribution in [3.63, 3.8) is 0 Å². The number of hydrogen-bond donors (Lipinski definition) is 0. The van der Waals surface area contributed by atoms with Crippen LogP contribution >= 0.6 is 11.3 Å². The van der Waals surface area contributed by atoms with Gasteiger partial charge >= 0.3 is 5.88 Å². The molecule has 2 aromatic heterocycles. The standard InChI is InChI=1S/C18H18N4O6S/c1-26-11-3-4-12(27-2)16-15(11)19-18(29-16)21-9-7-20(8-10-21)17(23)13-5-6-14(28-13)22(24)25/h3-6H,7-10H2,1-2H3. The van der Waals surface area contributed by atoms with Crippen molar-refractivity contribution in [3.8, 4) is 11.5 Å². The van der Waals surface area contributed by atoms with Gasteiger partial charge in [0.05, 0.1) is 20.3 Å². The van der Waals surface area contributed by atoms with Gasteiger partial charge in [0, 0.05) is 26.2 Å². The third-order valence-corrected chi connectivity index (χ3v) is 5.85. The number of carbonyl (C=O) groups is 1. The molecule has 0 N–H and O–H groups in total. The topological polar surface area (TPSA) is 111 Å². The lowest BCUT2D eigenvalue weighted by atomic mass is 10.3. The Hall–Kier alpha value is -3.34. The van der Waals surface area contributed by atoms with E-state index in [1.54, 1.807) is 19.1 Å². The van der Waals surface area contributed by atoms with E-state index >= 15 is 0 Å². The van der Waals surface area contributed by atoms with Crippen LogP contribution in [0.2, 0.25) is 0 Å². The SMILES string of the molecule is COc1ccc(OC)c2sc(N3CCN(C(=O)c4ccc([N+](=O)[O-])o4)CC3)nc12. The number of benzene rings is 1.